The second-order valence-corrected chi connectivity index (χ2v) is 4.39. The van der Waals surface area contributed by atoms with E-state index in [4.69, 9.17) is 16.3 Å². The van der Waals surface area contributed by atoms with E-state index in [2.05, 4.69) is 21.2 Å². The monoisotopic (exact) mass is 291 g/mol. The predicted molar refractivity (Wildman–Crippen MR) is 67.8 cm³/mol. The molecule has 0 aliphatic heterocycles. The van der Waals surface area contributed by atoms with Gasteiger partial charge >= 0.3 is 0 Å². The van der Waals surface area contributed by atoms with Crippen LogP contribution in [0, 0.1) is 0 Å². The van der Waals surface area contributed by atoms with Crippen molar-refractivity contribution >= 4 is 27.5 Å². The van der Waals surface area contributed by atoms with Gasteiger partial charge in [-0.1, -0.05) is 22.0 Å². The molecule has 0 atom stereocenters. The lowest BCUT2D eigenvalue weighted by Gasteiger charge is -2.07. The van der Waals surface area contributed by atoms with E-state index in [0.717, 1.165) is 29.7 Å². The summed E-state index contributed by atoms with van der Waals surface area (Å²) < 4.78 is 6.58. The van der Waals surface area contributed by atoms with E-state index < -0.39 is 0 Å². The normalized spacial score (nSPS) is 10.3. The molecule has 0 aliphatic rings. The van der Waals surface area contributed by atoms with Gasteiger partial charge in [0.25, 0.3) is 0 Å². The fraction of sp³-hybridized carbons (Fsp3) is 0.455. The highest BCUT2D eigenvalue weighted by atomic mass is 79.9. The first kappa shape index (κ1) is 12.8. The maximum absolute atomic E-state index is 5.55. The van der Waals surface area contributed by atoms with E-state index in [0.29, 0.717) is 12.5 Å². The summed E-state index contributed by atoms with van der Waals surface area (Å²) in [7, 11) is 0. The van der Waals surface area contributed by atoms with E-state index in [-0.39, 0.29) is 0 Å². The zero-order valence-electron chi connectivity index (χ0n) is 8.51. The molecule has 0 fully saturated rings. The first-order chi connectivity index (χ1) is 7.33. The minimum absolute atomic E-state index is 0.679. The summed E-state index contributed by atoms with van der Waals surface area (Å²) in [6, 6.07) is 7.84. The lowest BCUT2D eigenvalue weighted by Crippen LogP contribution is -2.22. The van der Waals surface area contributed by atoms with Gasteiger partial charge in [0.05, 0.1) is 0 Å². The van der Waals surface area contributed by atoms with Crippen LogP contribution in [0.15, 0.2) is 28.7 Å². The quantitative estimate of drug-likeness (QED) is 0.616. The first-order valence-corrected chi connectivity index (χ1v) is 6.31. The molecule has 0 bridgehead atoms. The van der Waals surface area contributed by atoms with Crippen molar-refractivity contribution in [1.82, 2.24) is 5.32 Å². The molecular formula is C11H15BrClNO. The molecule has 0 unspecified atom stereocenters. The lowest BCUT2D eigenvalue weighted by molar-refractivity contribution is 0.314. The van der Waals surface area contributed by atoms with Crippen molar-refractivity contribution < 1.29 is 4.74 Å². The summed E-state index contributed by atoms with van der Waals surface area (Å²) in [5.74, 6) is 1.60. The van der Waals surface area contributed by atoms with Gasteiger partial charge in [-0.15, -0.1) is 11.6 Å². The summed E-state index contributed by atoms with van der Waals surface area (Å²) in [6.07, 6.45) is 0.998. The molecule has 1 aromatic carbocycles. The molecule has 1 N–H and O–H groups in total. The van der Waals surface area contributed by atoms with Crippen LogP contribution in [0.25, 0.3) is 0 Å². The molecule has 1 rings (SSSR count). The smallest absolute Gasteiger partial charge is 0.120 e. The van der Waals surface area contributed by atoms with Crippen molar-refractivity contribution in [2.45, 2.75) is 6.42 Å². The van der Waals surface area contributed by atoms with Crippen LogP contribution in [0.1, 0.15) is 6.42 Å². The van der Waals surface area contributed by atoms with Crippen molar-refractivity contribution in [2.75, 3.05) is 25.6 Å². The third-order valence-electron chi connectivity index (χ3n) is 1.83. The summed E-state index contributed by atoms with van der Waals surface area (Å²) in [5.41, 5.74) is 0. The fourth-order valence-electron chi connectivity index (χ4n) is 1.11. The second-order valence-electron chi connectivity index (χ2n) is 3.10. The third-order valence-corrected chi connectivity index (χ3v) is 2.59. The first-order valence-electron chi connectivity index (χ1n) is 4.98. The van der Waals surface area contributed by atoms with Crippen LogP contribution >= 0.6 is 27.5 Å². The Bertz CT molecular complexity index is 283. The third kappa shape index (κ3) is 6.03. The Morgan fingerprint density at radius 1 is 1.33 bits per heavy atom. The lowest BCUT2D eigenvalue weighted by atomic mass is 10.3. The van der Waals surface area contributed by atoms with Gasteiger partial charge < -0.3 is 10.1 Å². The highest BCUT2D eigenvalue weighted by Gasteiger charge is 1.94. The predicted octanol–water partition coefficient (Wildman–Crippen LogP) is 3.05. The Morgan fingerprint density at radius 3 is 2.93 bits per heavy atom. The van der Waals surface area contributed by atoms with Crippen molar-refractivity contribution in [3.8, 4) is 5.75 Å². The number of benzene rings is 1. The van der Waals surface area contributed by atoms with Crippen molar-refractivity contribution in [2.24, 2.45) is 0 Å². The molecule has 0 aromatic heterocycles. The van der Waals surface area contributed by atoms with E-state index in [1.54, 1.807) is 0 Å². The fourth-order valence-corrected chi connectivity index (χ4v) is 1.63. The number of alkyl halides is 1. The summed E-state index contributed by atoms with van der Waals surface area (Å²) in [6.45, 7) is 2.48. The van der Waals surface area contributed by atoms with Gasteiger partial charge in [0.1, 0.15) is 12.4 Å². The number of hydrogen-bond donors (Lipinski definition) is 1. The SMILES string of the molecule is ClCCCNCCOc1cccc(Br)c1. The average Bonchev–Trinajstić information content (AvgIpc) is 2.23. The molecule has 0 saturated carbocycles. The largest absolute Gasteiger partial charge is 0.492 e. The van der Waals surface area contributed by atoms with Crippen LogP contribution in [0.4, 0.5) is 0 Å². The number of hydrogen-bond acceptors (Lipinski definition) is 2. The van der Waals surface area contributed by atoms with Crippen LogP contribution < -0.4 is 10.1 Å². The minimum Gasteiger partial charge on any atom is -0.492 e. The molecule has 0 spiro atoms. The molecule has 84 valence electrons. The zero-order valence-corrected chi connectivity index (χ0v) is 10.9. The van der Waals surface area contributed by atoms with Crippen molar-refractivity contribution in [3.05, 3.63) is 28.7 Å². The van der Waals surface area contributed by atoms with Gasteiger partial charge in [0, 0.05) is 16.9 Å². The molecule has 1 aromatic rings. The summed E-state index contributed by atoms with van der Waals surface area (Å²) in [4.78, 5) is 0. The zero-order chi connectivity index (χ0) is 10.9. The summed E-state index contributed by atoms with van der Waals surface area (Å²) in [5, 5.41) is 3.25. The maximum atomic E-state index is 5.55. The highest BCUT2D eigenvalue weighted by molar-refractivity contribution is 9.10. The summed E-state index contributed by atoms with van der Waals surface area (Å²) >= 11 is 8.95. The van der Waals surface area contributed by atoms with Crippen LogP contribution in [0.2, 0.25) is 0 Å². The molecular weight excluding hydrogens is 277 g/mol. The second kappa shape index (κ2) is 7.97. The molecule has 0 amide bonds. The Balaban J connectivity index is 2.10. The molecule has 0 radical (unpaired) electrons. The van der Waals surface area contributed by atoms with Crippen LogP contribution in [-0.4, -0.2) is 25.6 Å². The Hall–Kier alpha value is -0.250. The molecule has 15 heavy (non-hydrogen) atoms. The van der Waals surface area contributed by atoms with Gasteiger partial charge in [-0.2, -0.15) is 0 Å². The van der Waals surface area contributed by atoms with Gasteiger partial charge in [0.2, 0.25) is 0 Å². The van der Waals surface area contributed by atoms with Gasteiger partial charge in [-0.25, -0.2) is 0 Å². The molecule has 2 nitrogen and oxygen atoms in total. The Labute approximate surface area is 104 Å². The number of nitrogens with one attached hydrogen (secondary N) is 1. The number of halogens is 2. The van der Waals surface area contributed by atoms with Crippen molar-refractivity contribution in [1.29, 1.82) is 0 Å². The Morgan fingerprint density at radius 2 is 2.20 bits per heavy atom. The van der Waals surface area contributed by atoms with E-state index in [1.807, 2.05) is 24.3 Å². The minimum atomic E-state index is 0.679. The standard InChI is InChI=1S/C11H15BrClNO/c12-10-3-1-4-11(9-10)15-8-7-14-6-2-5-13/h1,3-4,9,14H,2,5-8H2. The van der Waals surface area contributed by atoms with Gasteiger partial charge in [-0.3, -0.25) is 0 Å². The number of ether oxygens (including phenoxy) is 1. The van der Waals surface area contributed by atoms with Gasteiger partial charge in [0.15, 0.2) is 0 Å². The maximum Gasteiger partial charge on any atom is 0.120 e. The topological polar surface area (TPSA) is 21.3 Å². The number of rotatable bonds is 7. The highest BCUT2D eigenvalue weighted by Crippen LogP contribution is 2.17. The molecule has 0 heterocycles. The van der Waals surface area contributed by atoms with Crippen LogP contribution in [-0.2, 0) is 0 Å². The molecule has 0 saturated heterocycles. The van der Waals surface area contributed by atoms with Crippen molar-refractivity contribution in [3.63, 3.8) is 0 Å². The Kier molecular flexibility index (Phi) is 6.81. The average molecular weight is 293 g/mol. The molecule has 0 aliphatic carbocycles. The van der Waals surface area contributed by atoms with E-state index in [1.165, 1.54) is 0 Å². The van der Waals surface area contributed by atoms with Gasteiger partial charge in [-0.05, 0) is 31.2 Å². The van der Waals surface area contributed by atoms with E-state index >= 15 is 0 Å². The van der Waals surface area contributed by atoms with Crippen LogP contribution in [0.3, 0.4) is 0 Å². The van der Waals surface area contributed by atoms with E-state index in [9.17, 15) is 0 Å². The molecule has 4 heteroatoms. The van der Waals surface area contributed by atoms with Crippen LogP contribution in [0.5, 0.6) is 5.75 Å².